The SMILES string of the molecule is CC/C=C\C/C=C\C/C=C\C/C=C\C/C=C\C/C=C\C/C=C\C/C=C\C/C=C\CCCC(=O)NC(COC1OC(CO)C(OC2OC(CO)C(OC3OC(CO)C(O)C(O)C3O)C(O)C2O)C(O)C1O)C(O)CCCCCCCCCCCCCCCCCCCCCCCCCC. The Labute approximate surface area is 589 Å². The molecule has 17 atom stereocenters. The lowest BCUT2D eigenvalue weighted by Crippen LogP contribution is -2.66. The van der Waals surface area contributed by atoms with Crippen molar-refractivity contribution in [3.05, 3.63) is 109 Å². The number of amides is 1. The molecule has 564 valence electrons. The topological polar surface area (TPSA) is 307 Å². The molecule has 12 N–H and O–H groups in total. The standard InChI is InChI=1S/C79H135NO18/c1-3-5-7-9-11-13-15-17-19-21-23-25-27-29-30-31-32-33-35-37-39-41-43-45-47-49-51-53-55-57-67(85)80-62(63(84)56-54-52-50-48-46-44-42-40-38-36-34-28-26-24-22-20-18-16-14-12-10-8-6-4-2)61-93-77-73(91)70(88)75(65(59-82)95-77)98-79-74(92)71(89)76(66(60-83)96-79)97-78-72(90)69(87)68(86)64(58-81)94-78/h5,7,11,13,17,19,23,25,29-30,32-33,37,39,43,45,49,51,62-66,68-79,81-84,86-92H,3-4,6,8-10,12,14-16,18,20-22,24,26-28,31,34-36,38,40-42,44,46-48,50,52-61H2,1-2H3,(H,80,85)/b7-5-,13-11-,19-17-,25-23-,30-29-,33-32-,39-37-,45-43-,51-49-. The first kappa shape index (κ1) is 88.7. The van der Waals surface area contributed by atoms with Crippen LogP contribution >= 0.6 is 0 Å². The van der Waals surface area contributed by atoms with Crippen molar-refractivity contribution in [1.82, 2.24) is 5.32 Å². The van der Waals surface area contributed by atoms with Crippen molar-refractivity contribution >= 4 is 5.91 Å². The summed E-state index contributed by atoms with van der Waals surface area (Å²) in [6, 6.07) is -0.928. The summed E-state index contributed by atoms with van der Waals surface area (Å²) in [5, 5.41) is 121. The fourth-order valence-electron chi connectivity index (χ4n) is 12.3. The van der Waals surface area contributed by atoms with E-state index in [4.69, 9.17) is 28.4 Å². The monoisotopic (exact) mass is 1390 g/mol. The summed E-state index contributed by atoms with van der Waals surface area (Å²) in [5.74, 6) is -0.302. The molecule has 3 heterocycles. The first-order valence-corrected chi connectivity index (χ1v) is 38.1. The van der Waals surface area contributed by atoms with Crippen molar-refractivity contribution in [2.24, 2.45) is 0 Å². The van der Waals surface area contributed by atoms with E-state index in [0.717, 1.165) is 77.0 Å². The minimum Gasteiger partial charge on any atom is -0.394 e. The lowest BCUT2D eigenvalue weighted by Gasteiger charge is -2.48. The molecule has 19 nitrogen and oxygen atoms in total. The van der Waals surface area contributed by atoms with Gasteiger partial charge >= 0.3 is 0 Å². The fourth-order valence-corrected chi connectivity index (χ4v) is 12.3. The first-order chi connectivity index (χ1) is 47.8. The Balaban J connectivity index is 1.43. The number of ether oxygens (including phenoxy) is 6. The average molecular weight is 1390 g/mol. The van der Waals surface area contributed by atoms with E-state index in [9.17, 15) is 61.0 Å². The van der Waals surface area contributed by atoms with E-state index < -0.39 is 124 Å². The van der Waals surface area contributed by atoms with Crippen LogP contribution in [0.25, 0.3) is 0 Å². The zero-order valence-electron chi connectivity index (χ0n) is 60.0. The van der Waals surface area contributed by atoms with Crippen LogP contribution in [0.2, 0.25) is 0 Å². The highest BCUT2D eigenvalue weighted by molar-refractivity contribution is 5.76. The Morgan fingerprint density at radius 1 is 0.378 bits per heavy atom. The summed E-state index contributed by atoms with van der Waals surface area (Å²) in [4.78, 5) is 13.4. The van der Waals surface area contributed by atoms with Crippen molar-refractivity contribution in [3.63, 3.8) is 0 Å². The van der Waals surface area contributed by atoms with Gasteiger partial charge in [-0.1, -0.05) is 277 Å². The van der Waals surface area contributed by atoms with Crippen LogP contribution in [0.15, 0.2) is 109 Å². The third-order valence-corrected chi connectivity index (χ3v) is 18.4. The van der Waals surface area contributed by atoms with E-state index in [1.807, 2.05) is 6.08 Å². The molecule has 3 rings (SSSR count). The maximum atomic E-state index is 13.4. The van der Waals surface area contributed by atoms with Gasteiger partial charge in [0.15, 0.2) is 18.9 Å². The van der Waals surface area contributed by atoms with E-state index in [-0.39, 0.29) is 18.9 Å². The number of hydrogen-bond acceptors (Lipinski definition) is 18. The van der Waals surface area contributed by atoms with Crippen LogP contribution < -0.4 is 5.32 Å². The van der Waals surface area contributed by atoms with Gasteiger partial charge in [0.05, 0.1) is 38.6 Å². The van der Waals surface area contributed by atoms with E-state index in [0.29, 0.717) is 25.7 Å². The molecule has 0 aliphatic carbocycles. The van der Waals surface area contributed by atoms with E-state index >= 15 is 0 Å². The van der Waals surface area contributed by atoms with E-state index in [2.05, 4.69) is 122 Å². The highest BCUT2D eigenvalue weighted by Crippen LogP contribution is 2.33. The summed E-state index contributed by atoms with van der Waals surface area (Å²) in [6.45, 7) is 1.66. The maximum Gasteiger partial charge on any atom is 0.220 e. The number of carbonyl (C=O) groups is 1. The molecule has 0 saturated carbocycles. The van der Waals surface area contributed by atoms with Gasteiger partial charge in [-0.3, -0.25) is 4.79 Å². The van der Waals surface area contributed by atoms with Gasteiger partial charge in [-0.2, -0.15) is 0 Å². The Morgan fingerprint density at radius 2 is 0.694 bits per heavy atom. The molecule has 3 saturated heterocycles. The van der Waals surface area contributed by atoms with Gasteiger partial charge in [-0.25, -0.2) is 0 Å². The quantitative estimate of drug-likeness (QED) is 0.0199. The van der Waals surface area contributed by atoms with Gasteiger partial charge in [-0.15, -0.1) is 0 Å². The molecule has 19 heteroatoms. The van der Waals surface area contributed by atoms with Crippen LogP contribution in [-0.4, -0.2) is 193 Å². The van der Waals surface area contributed by atoms with Gasteiger partial charge in [0.1, 0.15) is 73.2 Å². The predicted octanol–water partition coefficient (Wildman–Crippen LogP) is 11.8. The Morgan fingerprint density at radius 3 is 1.06 bits per heavy atom. The molecule has 3 aliphatic heterocycles. The maximum absolute atomic E-state index is 13.4. The fraction of sp³-hybridized carbons (Fsp3) is 0.759. The first-order valence-electron chi connectivity index (χ1n) is 38.1. The van der Waals surface area contributed by atoms with Crippen LogP contribution in [0.5, 0.6) is 0 Å². The van der Waals surface area contributed by atoms with Crippen LogP contribution in [0.3, 0.4) is 0 Å². The molecule has 98 heavy (non-hydrogen) atoms. The molecule has 0 aromatic heterocycles. The summed E-state index contributed by atoms with van der Waals surface area (Å²) in [7, 11) is 0. The van der Waals surface area contributed by atoms with Crippen molar-refractivity contribution < 1.29 is 89.4 Å². The normalized spacial score (nSPS) is 27.4. The van der Waals surface area contributed by atoms with E-state index in [1.54, 1.807) is 0 Å². The van der Waals surface area contributed by atoms with Crippen molar-refractivity contribution in [2.75, 3.05) is 26.4 Å². The van der Waals surface area contributed by atoms with Gasteiger partial charge in [0.2, 0.25) is 5.91 Å². The number of aliphatic hydroxyl groups excluding tert-OH is 11. The molecule has 0 bridgehead atoms. The number of hydrogen-bond donors (Lipinski definition) is 12. The van der Waals surface area contributed by atoms with E-state index in [1.165, 1.54) is 128 Å². The molecular weight excluding hydrogens is 1250 g/mol. The van der Waals surface area contributed by atoms with Crippen LogP contribution in [-0.2, 0) is 33.2 Å². The number of carbonyl (C=O) groups excluding carboxylic acids is 1. The second-order valence-electron chi connectivity index (χ2n) is 26.7. The Bertz CT molecular complexity index is 2200. The second-order valence-corrected chi connectivity index (χ2v) is 26.7. The van der Waals surface area contributed by atoms with Gasteiger partial charge in [-0.05, 0) is 77.0 Å². The molecule has 17 unspecified atom stereocenters. The molecule has 1 amide bonds. The van der Waals surface area contributed by atoms with Crippen molar-refractivity contribution in [1.29, 1.82) is 0 Å². The second kappa shape index (κ2) is 58.9. The predicted molar refractivity (Wildman–Crippen MR) is 387 cm³/mol. The lowest BCUT2D eigenvalue weighted by molar-refractivity contribution is -0.379. The minimum absolute atomic E-state index is 0.179. The highest BCUT2D eigenvalue weighted by atomic mass is 16.8. The smallest absolute Gasteiger partial charge is 0.220 e. The third kappa shape index (κ3) is 39.2. The van der Waals surface area contributed by atoms with Gasteiger partial charge in [0.25, 0.3) is 0 Å². The lowest BCUT2D eigenvalue weighted by atomic mass is 9.96. The van der Waals surface area contributed by atoms with Gasteiger partial charge in [0, 0.05) is 6.42 Å². The summed E-state index contributed by atoms with van der Waals surface area (Å²) < 4.78 is 34.4. The molecule has 0 spiro atoms. The Hall–Kier alpha value is -3.55. The zero-order valence-corrected chi connectivity index (χ0v) is 60.0. The number of rotatable bonds is 58. The average Bonchev–Trinajstić information content (AvgIpc) is 0.784. The van der Waals surface area contributed by atoms with Gasteiger partial charge < -0.3 is 89.9 Å². The minimum atomic E-state index is -1.98. The summed E-state index contributed by atoms with van der Waals surface area (Å²) in [6.07, 6.45) is 53.1. The van der Waals surface area contributed by atoms with Crippen LogP contribution in [0.4, 0.5) is 0 Å². The van der Waals surface area contributed by atoms with Crippen molar-refractivity contribution in [2.45, 2.75) is 356 Å². The van der Waals surface area contributed by atoms with Crippen LogP contribution in [0, 0.1) is 0 Å². The number of nitrogens with one attached hydrogen (secondary N) is 1. The number of allylic oxidation sites excluding steroid dienone is 18. The van der Waals surface area contributed by atoms with Crippen molar-refractivity contribution in [3.8, 4) is 0 Å². The highest BCUT2D eigenvalue weighted by Gasteiger charge is 2.53. The number of aliphatic hydroxyl groups is 11. The largest absolute Gasteiger partial charge is 0.394 e. The number of unbranched alkanes of at least 4 members (excludes halogenated alkanes) is 24. The third-order valence-electron chi connectivity index (χ3n) is 18.4. The Kier molecular flexibility index (Phi) is 53.3. The molecule has 3 fully saturated rings. The zero-order chi connectivity index (χ0) is 71.1. The molecule has 0 radical (unpaired) electrons. The summed E-state index contributed by atoms with van der Waals surface area (Å²) in [5.41, 5.74) is 0. The summed E-state index contributed by atoms with van der Waals surface area (Å²) >= 11 is 0. The molecule has 3 aliphatic rings. The molecule has 0 aromatic rings. The molecular formula is C79H135NO18. The molecule has 0 aromatic carbocycles. The van der Waals surface area contributed by atoms with Crippen LogP contribution in [0.1, 0.15) is 251 Å².